The Labute approximate surface area is 179 Å². The molecule has 0 saturated carbocycles. The van der Waals surface area contributed by atoms with Gasteiger partial charge in [-0.25, -0.2) is 4.98 Å². The molecule has 28 heavy (non-hydrogen) atoms. The van der Waals surface area contributed by atoms with Crippen molar-refractivity contribution in [3.63, 3.8) is 0 Å². The van der Waals surface area contributed by atoms with Gasteiger partial charge in [0.05, 0.1) is 19.3 Å². The lowest BCUT2D eigenvalue weighted by Gasteiger charge is -2.43. The smallest absolute Gasteiger partial charge is 0.0712 e. The van der Waals surface area contributed by atoms with Crippen molar-refractivity contribution in [1.29, 1.82) is 0 Å². The van der Waals surface area contributed by atoms with Gasteiger partial charge in [0.2, 0.25) is 0 Å². The van der Waals surface area contributed by atoms with Crippen molar-refractivity contribution in [1.82, 2.24) is 4.98 Å². The van der Waals surface area contributed by atoms with Crippen LogP contribution in [0.2, 0.25) is 16.6 Å². The third kappa shape index (κ3) is 3.97. The Bertz CT molecular complexity index is 926. The van der Waals surface area contributed by atoms with Gasteiger partial charge < -0.3 is 0 Å². The van der Waals surface area contributed by atoms with Crippen molar-refractivity contribution in [2.45, 2.75) is 64.2 Å². The highest BCUT2D eigenvalue weighted by Crippen LogP contribution is 2.44. The van der Waals surface area contributed by atoms with E-state index < -0.39 is 8.07 Å². The van der Waals surface area contributed by atoms with Crippen molar-refractivity contribution in [3.05, 3.63) is 64.6 Å². The van der Waals surface area contributed by atoms with Crippen LogP contribution in [0.1, 0.15) is 47.1 Å². The van der Waals surface area contributed by atoms with Crippen LogP contribution < -0.4 is 0 Å². The number of hydrogen-bond acceptors (Lipinski definition) is 1. The van der Waals surface area contributed by atoms with Crippen LogP contribution in [-0.2, 0) is 6.04 Å². The largest absolute Gasteiger partial charge is 0.248 e. The van der Waals surface area contributed by atoms with Gasteiger partial charge in [0.1, 0.15) is 0 Å². The summed E-state index contributed by atoms with van der Waals surface area (Å²) in [5, 5.41) is 1.30. The molecule has 0 saturated heterocycles. The maximum Gasteiger partial charge on any atom is 0.0712 e. The molecule has 0 atom stereocenters. The molecule has 0 spiro atoms. The molecule has 148 valence electrons. The van der Waals surface area contributed by atoms with Crippen molar-refractivity contribution in [2.75, 3.05) is 0 Å². The molecule has 0 aliphatic heterocycles. The first-order valence-corrected chi connectivity index (χ1v) is 13.6. The van der Waals surface area contributed by atoms with Crippen molar-refractivity contribution < 1.29 is 0 Å². The van der Waals surface area contributed by atoms with Gasteiger partial charge in [-0.1, -0.05) is 104 Å². The molecule has 0 bridgehead atoms. The minimum atomic E-state index is -1.57. The highest BCUT2D eigenvalue weighted by molar-refractivity contribution is 9.10. The SMILES string of the molecule is CC(C)[Si](Cc1cc(-c2ccccc2)nc2ccc(Br)cc12)(C(C)C)C(C)C. The summed E-state index contributed by atoms with van der Waals surface area (Å²) in [5.74, 6) is 0. The zero-order chi connectivity index (χ0) is 20.5. The van der Waals surface area contributed by atoms with Gasteiger partial charge in [-0.3, -0.25) is 0 Å². The first-order valence-electron chi connectivity index (χ1n) is 10.4. The summed E-state index contributed by atoms with van der Waals surface area (Å²) < 4.78 is 1.13. The van der Waals surface area contributed by atoms with Gasteiger partial charge >= 0.3 is 0 Å². The number of halogens is 1. The summed E-state index contributed by atoms with van der Waals surface area (Å²) in [5.41, 5.74) is 7.06. The summed E-state index contributed by atoms with van der Waals surface area (Å²) in [4.78, 5) is 5.01. The van der Waals surface area contributed by atoms with E-state index in [-0.39, 0.29) is 0 Å². The molecule has 1 aromatic heterocycles. The molecule has 0 amide bonds. The molecule has 0 N–H and O–H groups in total. The van der Waals surface area contributed by atoms with Gasteiger partial charge in [-0.05, 0) is 35.9 Å². The number of rotatable bonds is 6. The van der Waals surface area contributed by atoms with Gasteiger partial charge in [0, 0.05) is 15.4 Å². The van der Waals surface area contributed by atoms with Crippen molar-refractivity contribution in [2.24, 2.45) is 0 Å². The van der Waals surface area contributed by atoms with Gasteiger partial charge in [-0.15, -0.1) is 0 Å². The first-order chi connectivity index (χ1) is 13.3. The average Bonchev–Trinajstić information content (AvgIpc) is 2.65. The molecule has 1 nitrogen and oxygen atoms in total. The third-order valence-corrected chi connectivity index (χ3v) is 14.6. The van der Waals surface area contributed by atoms with Crippen LogP contribution in [0.5, 0.6) is 0 Å². The Morgan fingerprint density at radius 1 is 0.821 bits per heavy atom. The summed E-state index contributed by atoms with van der Waals surface area (Å²) in [6.45, 7) is 14.7. The minimum Gasteiger partial charge on any atom is -0.248 e. The van der Waals surface area contributed by atoms with E-state index in [0.717, 1.165) is 32.3 Å². The highest BCUT2D eigenvalue weighted by Gasteiger charge is 2.42. The van der Waals surface area contributed by atoms with E-state index in [1.165, 1.54) is 22.6 Å². The standard InChI is InChI=1S/C25H32BrNSi/c1-17(2)28(18(3)4,19(5)6)16-21-14-25(20-10-8-7-9-11-20)27-24-13-12-22(26)15-23(21)24/h7-15,17-19H,16H2,1-6H3. The van der Waals surface area contributed by atoms with Gasteiger partial charge in [0.25, 0.3) is 0 Å². The molecular weight excluding hydrogens is 422 g/mol. The Balaban J connectivity index is 2.24. The number of aromatic nitrogens is 1. The lowest BCUT2D eigenvalue weighted by atomic mass is 10.1. The molecule has 0 fully saturated rings. The Kier molecular flexibility index (Phi) is 6.46. The monoisotopic (exact) mass is 453 g/mol. The van der Waals surface area contributed by atoms with Crippen molar-refractivity contribution >= 4 is 34.9 Å². The van der Waals surface area contributed by atoms with Gasteiger partial charge in [-0.2, -0.15) is 0 Å². The molecular formula is C25H32BrNSi. The molecule has 2 aromatic carbocycles. The fourth-order valence-corrected chi connectivity index (χ4v) is 11.7. The maximum absolute atomic E-state index is 5.01. The summed E-state index contributed by atoms with van der Waals surface area (Å²) in [7, 11) is -1.57. The number of nitrogens with zero attached hydrogens (tertiary/aromatic N) is 1. The molecule has 0 radical (unpaired) electrons. The van der Waals surface area contributed by atoms with E-state index in [2.05, 4.69) is 112 Å². The van der Waals surface area contributed by atoms with Crippen LogP contribution in [0.4, 0.5) is 0 Å². The Morgan fingerprint density at radius 2 is 1.43 bits per heavy atom. The lowest BCUT2D eigenvalue weighted by Crippen LogP contribution is -2.47. The molecule has 0 unspecified atom stereocenters. The number of pyridine rings is 1. The van der Waals surface area contributed by atoms with E-state index in [0.29, 0.717) is 0 Å². The second-order valence-electron chi connectivity index (χ2n) is 8.95. The van der Waals surface area contributed by atoms with E-state index in [9.17, 15) is 0 Å². The van der Waals surface area contributed by atoms with Crippen LogP contribution in [0, 0.1) is 0 Å². The zero-order valence-electron chi connectivity index (χ0n) is 18.0. The van der Waals surface area contributed by atoms with Crippen molar-refractivity contribution in [3.8, 4) is 11.3 Å². The second-order valence-corrected chi connectivity index (χ2v) is 15.9. The predicted molar refractivity (Wildman–Crippen MR) is 130 cm³/mol. The molecule has 3 heteroatoms. The van der Waals surface area contributed by atoms with Crippen LogP contribution in [0.3, 0.4) is 0 Å². The van der Waals surface area contributed by atoms with Crippen LogP contribution in [0.25, 0.3) is 22.2 Å². The molecule has 0 aliphatic carbocycles. The quantitative estimate of drug-likeness (QED) is 0.341. The summed E-state index contributed by atoms with van der Waals surface area (Å²) in [6, 6.07) is 20.7. The predicted octanol–water partition coefficient (Wildman–Crippen LogP) is 8.42. The van der Waals surface area contributed by atoms with E-state index in [4.69, 9.17) is 4.98 Å². The summed E-state index contributed by atoms with van der Waals surface area (Å²) >= 11 is 3.68. The van der Waals surface area contributed by atoms with E-state index in [1.807, 2.05) is 0 Å². The Hall–Kier alpha value is -1.45. The maximum atomic E-state index is 5.01. The van der Waals surface area contributed by atoms with E-state index >= 15 is 0 Å². The van der Waals surface area contributed by atoms with Crippen LogP contribution >= 0.6 is 15.9 Å². The second kappa shape index (κ2) is 8.50. The van der Waals surface area contributed by atoms with Crippen LogP contribution in [0.15, 0.2) is 59.1 Å². The van der Waals surface area contributed by atoms with Crippen LogP contribution in [-0.4, -0.2) is 13.1 Å². The number of fused-ring (bicyclic) bond motifs is 1. The molecule has 0 aliphatic rings. The zero-order valence-corrected chi connectivity index (χ0v) is 20.5. The fraction of sp³-hybridized carbons (Fsp3) is 0.400. The summed E-state index contributed by atoms with van der Waals surface area (Å²) in [6.07, 6.45) is 0. The molecule has 1 heterocycles. The number of benzene rings is 2. The fourth-order valence-electron chi connectivity index (χ4n) is 5.11. The number of hydrogen-bond donors (Lipinski definition) is 0. The molecule has 3 rings (SSSR count). The minimum absolute atomic E-state index is 0.739. The van der Waals surface area contributed by atoms with Gasteiger partial charge in [0.15, 0.2) is 0 Å². The molecule has 3 aromatic rings. The van der Waals surface area contributed by atoms with E-state index in [1.54, 1.807) is 0 Å². The lowest BCUT2D eigenvalue weighted by molar-refractivity contribution is 0.798. The Morgan fingerprint density at radius 3 is 2.00 bits per heavy atom. The first kappa shape index (κ1) is 21.3. The highest BCUT2D eigenvalue weighted by atomic mass is 79.9. The average molecular weight is 455 g/mol. The topological polar surface area (TPSA) is 12.9 Å². The normalized spacial score (nSPS) is 12.5. The third-order valence-electron chi connectivity index (χ3n) is 6.65.